The zero-order valence-electron chi connectivity index (χ0n) is 15.8. The summed E-state index contributed by atoms with van der Waals surface area (Å²) in [5.41, 5.74) is 0.0452. The summed E-state index contributed by atoms with van der Waals surface area (Å²) in [4.78, 5) is 17.8. The van der Waals surface area contributed by atoms with Crippen LogP contribution in [0.5, 0.6) is 0 Å². The van der Waals surface area contributed by atoms with Gasteiger partial charge < -0.3 is 20.3 Å². The van der Waals surface area contributed by atoms with Crippen molar-refractivity contribution in [2.45, 2.75) is 57.2 Å². The Morgan fingerprint density at radius 2 is 2.04 bits per heavy atom. The van der Waals surface area contributed by atoms with Gasteiger partial charge in [-0.05, 0) is 51.0 Å². The van der Waals surface area contributed by atoms with Gasteiger partial charge >= 0.3 is 0 Å². The Bertz CT molecular complexity index is 448. The van der Waals surface area contributed by atoms with E-state index < -0.39 is 0 Å². The number of carbonyl (C=O) groups excluding carboxylic acids is 1. The first kappa shape index (κ1) is 22.8. The van der Waals surface area contributed by atoms with Crippen LogP contribution in [0.1, 0.15) is 39.5 Å². The SMILES string of the molecule is CC(C)NC(=NCC(=O)N(C)C)NC1CCOC2(CCSCC2)C1.I. The molecule has 146 valence electrons. The lowest BCUT2D eigenvalue weighted by Crippen LogP contribution is -2.53. The van der Waals surface area contributed by atoms with Gasteiger partial charge in [0.1, 0.15) is 6.54 Å². The van der Waals surface area contributed by atoms with Crippen molar-refractivity contribution in [3.8, 4) is 0 Å². The summed E-state index contributed by atoms with van der Waals surface area (Å²) in [6.45, 7) is 5.12. The molecule has 2 aliphatic rings. The molecule has 0 aliphatic carbocycles. The monoisotopic (exact) mass is 484 g/mol. The molecule has 8 heteroatoms. The Labute approximate surface area is 173 Å². The standard InChI is InChI=1S/C17H32N4O2S.HI/c1-13(2)19-16(18-12-15(22)21(3)4)20-14-5-8-23-17(11-14)6-9-24-10-7-17;/h13-14H,5-12H2,1-4H3,(H2,18,19,20);1H. The fraction of sp³-hybridized carbons (Fsp3) is 0.882. The van der Waals surface area contributed by atoms with Crippen molar-refractivity contribution in [3.05, 3.63) is 0 Å². The number of hydrogen-bond donors (Lipinski definition) is 2. The fourth-order valence-corrected chi connectivity index (χ4v) is 4.37. The molecule has 1 atom stereocenters. The fourth-order valence-electron chi connectivity index (χ4n) is 3.13. The Kier molecular flexibility index (Phi) is 9.87. The van der Waals surface area contributed by atoms with Crippen LogP contribution in [0.4, 0.5) is 0 Å². The van der Waals surface area contributed by atoms with Crippen molar-refractivity contribution >= 4 is 47.6 Å². The largest absolute Gasteiger partial charge is 0.375 e. The van der Waals surface area contributed by atoms with Crippen LogP contribution in [0.25, 0.3) is 0 Å². The molecule has 0 saturated carbocycles. The molecule has 1 unspecified atom stereocenters. The molecular formula is C17H33IN4O2S. The summed E-state index contributed by atoms with van der Waals surface area (Å²) >= 11 is 2.02. The normalized spacial score (nSPS) is 23.1. The lowest BCUT2D eigenvalue weighted by Gasteiger charge is -2.43. The molecule has 2 rings (SSSR count). The molecule has 6 nitrogen and oxygen atoms in total. The van der Waals surface area contributed by atoms with Gasteiger partial charge in [-0.25, -0.2) is 4.99 Å². The van der Waals surface area contributed by atoms with Crippen LogP contribution in [-0.4, -0.2) is 73.2 Å². The van der Waals surface area contributed by atoms with Gasteiger partial charge in [0.2, 0.25) is 5.91 Å². The van der Waals surface area contributed by atoms with Gasteiger partial charge in [-0.3, -0.25) is 4.79 Å². The van der Waals surface area contributed by atoms with Crippen molar-refractivity contribution < 1.29 is 9.53 Å². The van der Waals surface area contributed by atoms with E-state index in [4.69, 9.17) is 4.74 Å². The van der Waals surface area contributed by atoms with Crippen molar-refractivity contribution in [1.29, 1.82) is 0 Å². The Morgan fingerprint density at radius 3 is 2.64 bits per heavy atom. The molecule has 0 aromatic heterocycles. The number of carbonyl (C=O) groups is 1. The first-order valence-corrected chi connectivity index (χ1v) is 10.0. The van der Waals surface area contributed by atoms with Gasteiger partial charge in [-0.15, -0.1) is 24.0 Å². The third kappa shape index (κ3) is 7.50. The Morgan fingerprint density at radius 1 is 1.36 bits per heavy atom. The molecule has 2 saturated heterocycles. The first-order valence-electron chi connectivity index (χ1n) is 8.89. The molecule has 2 heterocycles. The minimum Gasteiger partial charge on any atom is -0.375 e. The third-order valence-corrected chi connectivity index (χ3v) is 5.52. The number of thioether (sulfide) groups is 1. The smallest absolute Gasteiger partial charge is 0.243 e. The molecule has 2 fully saturated rings. The van der Waals surface area contributed by atoms with E-state index in [1.807, 2.05) is 11.8 Å². The Hall–Kier alpha value is -0.220. The number of halogens is 1. The molecular weight excluding hydrogens is 451 g/mol. The molecule has 2 aliphatic heterocycles. The number of hydrogen-bond acceptors (Lipinski definition) is 4. The average molecular weight is 484 g/mol. The predicted molar refractivity (Wildman–Crippen MR) is 116 cm³/mol. The summed E-state index contributed by atoms with van der Waals surface area (Å²) < 4.78 is 6.15. The van der Waals surface area contributed by atoms with E-state index in [2.05, 4.69) is 29.5 Å². The quantitative estimate of drug-likeness (QED) is 0.364. The third-order valence-electron chi connectivity index (χ3n) is 4.53. The van der Waals surface area contributed by atoms with Crippen LogP contribution in [0.15, 0.2) is 4.99 Å². The summed E-state index contributed by atoms with van der Waals surface area (Å²) in [5.74, 6) is 3.12. The summed E-state index contributed by atoms with van der Waals surface area (Å²) in [6.07, 6.45) is 4.28. The second kappa shape index (κ2) is 10.8. The van der Waals surface area contributed by atoms with E-state index in [1.165, 1.54) is 11.5 Å². The highest BCUT2D eigenvalue weighted by Crippen LogP contribution is 2.37. The summed E-state index contributed by atoms with van der Waals surface area (Å²) in [5, 5.41) is 6.87. The van der Waals surface area contributed by atoms with Crippen molar-refractivity contribution in [2.75, 3.05) is 38.8 Å². The van der Waals surface area contributed by atoms with Crippen molar-refractivity contribution in [3.63, 3.8) is 0 Å². The number of ether oxygens (including phenoxy) is 1. The molecule has 0 radical (unpaired) electrons. The van der Waals surface area contributed by atoms with Gasteiger partial charge in [0.15, 0.2) is 5.96 Å². The van der Waals surface area contributed by atoms with E-state index in [9.17, 15) is 4.79 Å². The highest BCUT2D eigenvalue weighted by molar-refractivity contribution is 14.0. The van der Waals surface area contributed by atoms with Gasteiger partial charge in [0, 0.05) is 32.8 Å². The molecule has 1 spiro atoms. The minimum absolute atomic E-state index is 0. The maximum absolute atomic E-state index is 11.8. The molecule has 0 bridgehead atoms. The molecule has 2 N–H and O–H groups in total. The van der Waals surface area contributed by atoms with Gasteiger partial charge in [0.25, 0.3) is 0 Å². The second-order valence-corrected chi connectivity index (χ2v) is 8.45. The molecule has 1 amide bonds. The van der Waals surface area contributed by atoms with Crippen LogP contribution >= 0.6 is 35.7 Å². The highest BCUT2D eigenvalue weighted by Gasteiger charge is 2.39. The van der Waals surface area contributed by atoms with Gasteiger partial charge in [-0.2, -0.15) is 11.8 Å². The molecule has 25 heavy (non-hydrogen) atoms. The predicted octanol–water partition coefficient (Wildman–Crippen LogP) is 2.08. The lowest BCUT2D eigenvalue weighted by molar-refractivity contribution is -0.127. The Balaban J connectivity index is 0.00000312. The van der Waals surface area contributed by atoms with E-state index in [1.54, 1.807) is 19.0 Å². The van der Waals surface area contributed by atoms with Crippen molar-refractivity contribution in [1.82, 2.24) is 15.5 Å². The number of aliphatic imine (C=N–C) groups is 1. The lowest BCUT2D eigenvalue weighted by atomic mass is 9.85. The summed E-state index contributed by atoms with van der Waals surface area (Å²) in [7, 11) is 3.51. The van der Waals surface area contributed by atoms with E-state index in [0.29, 0.717) is 6.04 Å². The number of nitrogens with zero attached hydrogens (tertiary/aromatic N) is 2. The van der Waals surface area contributed by atoms with Crippen LogP contribution in [0, 0.1) is 0 Å². The number of nitrogens with one attached hydrogen (secondary N) is 2. The van der Waals surface area contributed by atoms with E-state index >= 15 is 0 Å². The maximum Gasteiger partial charge on any atom is 0.243 e. The average Bonchev–Trinajstić information content (AvgIpc) is 2.52. The minimum atomic E-state index is 0. The first-order chi connectivity index (χ1) is 11.4. The number of guanidine groups is 1. The zero-order chi connectivity index (χ0) is 17.6. The summed E-state index contributed by atoms with van der Waals surface area (Å²) in [6, 6.07) is 0.617. The molecule has 0 aromatic rings. The topological polar surface area (TPSA) is 66.0 Å². The number of likely N-dealkylation sites (N-methyl/N-ethyl adjacent to an activating group) is 1. The van der Waals surface area contributed by atoms with Gasteiger partial charge in [0.05, 0.1) is 5.60 Å². The second-order valence-electron chi connectivity index (χ2n) is 7.23. The van der Waals surface area contributed by atoms with E-state index in [0.717, 1.165) is 38.2 Å². The van der Waals surface area contributed by atoms with Crippen LogP contribution in [0.2, 0.25) is 0 Å². The molecule has 0 aromatic carbocycles. The van der Waals surface area contributed by atoms with Crippen LogP contribution in [-0.2, 0) is 9.53 Å². The van der Waals surface area contributed by atoms with E-state index in [-0.39, 0.29) is 48.1 Å². The number of rotatable bonds is 4. The highest BCUT2D eigenvalue weighted by atomic mass is 127. The van der Waals surface area contributed by atoms with Crippen LogP contribution < -0.4 is 10.6 Å². The number of amides is 1. The van der Waals surface area contributed by atoms with Crippen molar-refractivity contribution in [2.24, 2.45) is 4.99 Å². The maximum atomic E-state index is 11.8. The van der Waals surface area contributed by atoms with Gasteiger partial charge in [-0.1, -0.05) is 0 Å². The zero-order valence-corrected chi connectivity index (χ0v) is 19.0. The van der Waals surface area contributed by atoms with Crippen LogP contribution in [0.3, 0.4) is 0 Å².